The van der Waals surface area contributed by atoms with Crippen molar-refractivity contribution in [3.63, 3.8) is 0 Å². The maximum atomic E-state index is 12.4. The van der Waals surface area contributed by atoms with Crippen LogP contribution in [0.15, 0.2) is 0 Å². The second kappa shape index (κ2) is 5.18. The van der Waals surface area contributed by atoms with Crippen LogP contribution in [-0.4, -0.2) is 49.3 Å². The molecule has 6 fully saturated rings. The molecule has 4 saturated heterocycles. The van der Waals surface area contributed by atoms with Gasteiger partial charge in [0.1, 0.15) is 12.2 Å². The van der Waals surface area contributed by atoms with Crippen LogP contribution in [0, 0.1) is 22.7 Å². The minimum absolute atomic E-state index is 0.0345. The molecule has 4 bridgehead atoms. The molecule has 6 aliphatic rings. The van der Waals surface area contributed by atoms with Gasteiger partial charge in [-0.3, -0.25) is 9.59 Å². The molecule has 0 aromatic rings. The highest BCUT2D eigenvalue weighted by atomic mass is 16.6. The molecular formula is C18H28N2O4. The van der Waals surface area contributed by atoms with Crippen LogP contribution in [0.4, 0.5) is 0 Å². The lowest BCUT2D eigenvalue weighted by Crippen LogP contribution is -2.52. The summed E-state index contributed by atoms with van der Waals surface area (Å²) in [6, 6.07) is 0.508. The lowest BCUT2D eigenvalue weighted by atomic mass is 9.62. The molecule has 8 atom stereocenters. The van der Waals surface area contributed by atoms with E-state index in [1.807, 2.05) is 13.8 Å². The van der Waals surface area contributed by atoms with E-state index >= 15 is 0 Å². The zero-order chi connectivity index (χ0) is 17.3. The Morgan fingerprint density at radius 2 is 1.25 bits per heavy atom. The van der Waals surface area contributed by atoms with E-state index in [-0.39, 0.29) is 46.7 Å². The molecule has 6 nitrogen and oxygen atoms in total. The maximum absolute atomic E-state index is 12.4. The fourth-order valence-corrected chi connectivity index (χ4v) is 5.22. The average molecular weight is 336 g/mol. The predicted octanol–water partition coefficient (Wildman–Crippen LogP) is 0.846. The summed E-state index contributed by atoms with van der Waals surface area (Å²) in [4.78, 5) is 24.9. The van der Waals surface area contributed by atoms with Gasteiger partial charge < -0.3 is 20.1 Å². The zero-order valence-electron chi connectivity index (χ0n) is 14.9. The van der Waals surface area contributed by atoms with Crippen molar-refractivity contribution in [1.29, 1.82) is 0 Å². The van der Waals surface area contributed by atoms with E-state index in [1.165, 1.54) is 0 Å². The first-order valence-corrected chi connectivity index (χ1v) is 9.11. The molecule has 0 amide bonds. The van der Waals surface area contributed by atoms with Crippen molar-refractivity contribution < 1.29 is 19.1 Å². The van der Waals surface area contributed by atoms with Gasteiger partial charge in [-0.15, -0.1) is 0 Å². The molecule has 4 aliphatic heterocycles. The molecule has 0 radical (unpaired) electrons. The van der Waals surface area contributed by atoms with Crippen molar-refractivity contribution >= 4 is 11.9 Å². The van der Waals surface area contributed by atoms with Gasteiger partial charge in [-0.05, 0) is 37.5 Å². The van der Waals surface area contributed by atoms with Gasteiger partial charge in [0.15, 0.2) is 0 Å². The van der Waals surface area contributed by atoms with Crippen molar-refractivity contribution in [3.8, 4) is 0 Å². The number of nitrogens with one attached hydrogen (secondary N) is 2. The molecule has 4 heterocycles. The van der Waals surface area contributed by atoms with Crippen molar-refractivity contribution in [2.45, 2.75) is 64.8 Å². The normalized spacial score (nSPS) is 47.3. The predicted molar refractivity (Wildman–Crippen MR) is 87.1 cm³/mol. The molecule has 0 unspecified atom stereocenters. The van der Waals surface area contributed by atoms with Crippen molar-refractivity contribution in [2.24, 2.45) is 22.7 Å². The summed E-state index contributed by atoms with van der Waals surface area (Å²) in [6.45, 7) is 9.63. The Morgan fingerprint density at radius 1 is 0.875 bits per heavy atom. The van der Waals surface area contributed by atoms with Crippen LogP contribution in [0.1, 0.15) is 40.5 Å². The standard InChI is InChI=1S/C18H28N2O4/c1-9(23-15(21)13-11-5-17(13,3)7-19-11)10(2)24-16(22)14-12-6-18(14,4)8-20-12/h9-14,19-20H,5-8H2,1-4H3/t9-,10-,11-,12-,13+,14+,17-,18-/m1/s1. The van der Waals surface area contributed by atoms with Gasteiger partial charge in [-0.25, -0.2) is 0 Å². The van der Waals surface area contributed by atoms with E-state index in [0.717, 1.165) is 25.9 Å². The van der Waals surface area contributed by atoms with E-state index in [1.54, 1.807) is 0 Å². The molecule has 0 aromatic heterocycles. The number of hydrogen-bond acceptors (Lipinski definition) is 6. The van der Waals surface area contributed by atoms with Crippen LogP contribution in [0.5, 0.6) is 0 Å². The molecule has 0 aromatic carbocycles. The number of esters is 2. The molecule has 2 saturated carbocycles. The van der Waals surface area contributed by atoms with Gasteiger partial charge in [0, 0.05) is 25.2 Å². The van der Waals surface area contributed by atoms with E-state index < -0.39 is 12.2 Å². The van der Waals surface area contributed by atoms with Crippen LogP contribution in [0.3, 0.4) is 0 Å². The van der Waals surface area contributed by atoms with Crippen molar-refractivity contribution in [3.05, 3.63) is 0 Å². The molecular weight excluding hydrogens is 308 g/mol. The van der Waals surface area contributed by atoms with Gasteiger partial charge in [0.05, 0.1) is 11.8 Å². The molecule has 6 rings (SSSR count). The number of carbonyl (C=O) groups is 2. The highest BCUT2D eigenvalue weighted by molar-refractivity contribution is 5.78. The third-order valence-corrected chi connectivity index (χ3v) is 6.99. The van der Waals surface area contributed by atoms with Gasteiger partial charge in [-0.1, -0.05) is 13.8 Å². The lowest BCUT2D eigenvalue weighted by Gasteiger charge is -2.43. The van der Waals surface area contributed by atoms with Crippen LogP contribution in [-0.2, 0) is 19.1 Å². The van der Waals surface area contributed by atoms with E-state index in [0.29, 0.717) is 0 Å². The molecule has 6 heteroatoms. The lowest BCUT2D eigenvalue weighted by molar-refractivity contribution is -0.180. The summed E-state index contributed by atoms with van der Waals surface area (Å²) in [5.41, 5.74) is 0.0690. The van der Waals surface area contributed by atoms with Gasteiger partial charge >= 0.3 is 11.9 Å². The summed E-state index contributed by atoms with van der Waals surface area (Å²) in [7, 11) is 0. The molecule has 0 spiro atoms. The quantitative estimate of drug-likeness (QED) is 0.725. The van der Waals surface area contributed by atoms with Gasteiger partial charge in [-0.2, -0.15) is 0 Å². The van der Waals surface area contributed by atoms with Gasteiger partial charge in [0.2, 0.25) is 0 Å². The Morgan fingerprint density at radius 3 is 1.50 bits per heavy atom. The fourth-order valence-electron chi connectivity index (χ4n) is 5.22. The zero-order valence-corrected chi connectivity index (χ0v) is 14.9. The third kappa shape index (κ3) is 2.22. The first kappa shape index (κ1) is 16.3. The number of hydrogen-bond donors (Lipinski definition) is 2. The number of rotatable bonds is 5. The van der Waals surface area contributed by atoms with Crippen LogP contribution in [0.2, 0.25) is 0 Å². The molecule has 134 valence electrons. The second-order valence-electron chi connectivity index (χ2n) is 8.93. The van der Waals surface area contributed by atoms with Crippen LogP contribution < -0.4 is 10.6 Å². The Balaban J connectivity index is 1.29. The smallest absolute Gasteiger partial charge is 0.311 e. The Labute approximate surface area is 143 Å². The van der Waals surface area contributed by atoms with Crippen LogP contribution >= 0.6 is 0 Å². The minimum Gasteiger partial charge on any atom is -0.458 e. The average Bonchev–Trinajstić information content (AvgIpc) is 3.17. The Kier molecular flexibility index (Phi) is 3.52. The summed E-state index contributed by atoms with van der Waals surface area (Å²) < 4.78 is 11.2. The highest BCUT2D eigenvalue weighted by Gasteiger charge is 2.61. The van der Waals surface area contributed by atoms with E-state index in [4.69, 9.17) is 9.47 Å². The maximum Gasteiger partial charge on any atom is 0.311 e. The fraction of sp³-hybridized carbons (Fsp3) is 0.889. The monoisotopic (exact) mass is 336 g/mol. The molecule has 2 aliphatic carbocycles. The summed E-state index contributed by atoms with van der Waals surface area (Å²) in [5.74, 6) is -0.445. The number of fused-ring (bicyclic) bond motifs is 2. The number of ether oxygens (including phenoxy) is 2. The number of carbonyl (C=O) groups excluding carboxylic acids is 2. The van der Waals surface area contributed by atoms with Crippen molar-refractivity contribution in [2.75, 3.05) is 13.1 Å². The first-order valence-electron chi connectivity index (χ1n) is 9.11. The van der Waals surface area contributed by atoms with E-state index in [2.05, 4.69) is 24.5 Å². The van der Waals surface area contributed by atoms with E-state index in [9.17, 15) is 9.59 Å². The highest BCUT2D eigenvalue weighted by Crippen LogP contribution is 2.52. The first-order chi connectivity index (χ1) is 11.2. The summed E-state index contributed by atoms with van der Waals surface area (Å²) in [6.07, 6.45) is 1.23. The van der Waals surface area contributed by atoms with Crippen LogP contribution in [0.25, 0.3) is 0 Å². The molecule has 24 heavy (non-hydrogen) atoms. The summed E-state index contributed by atoms with van der Waals surface area (Å²) in [5, 5.41) is 6.72. The largest absolute Gasteiger partial charge is 0.458 e. The summed E-state index contributed by atoms with van der Waals surface area (Å²) >= 11 is 0. The minimum atomic E-state index is -0.427. The molecule has 2 N–H and O–H groups in total. The van der Waals surface area contributed by atoms with Crippen molar-refractivity contribution in [1.82, 2.24) is 10.6 Å². The Hall–Kier alpha value is -1.14. The third-order valence-electron chi connectivity index (χ3n) is 6.99. The topological polar surface area (TPSA) is 76.7 Å². The Bertz CT molecular complexity index is 523. The second-order valence-corrected chi connectivity index (χ2v) is 8.93. The van der Waals surface area contributed by atoms with Gasteiger partial charge in [0.25, 0.3) is 0 Å². The SMILES string of the molecule is C[C@@H](OC(=O)[C@@H]1[C@H]2C[C@]1(C)CN2)[C@@H](C)OC(=O)[C@@H]1[C@H]2C[C@]1(C)CN2.